The van der Waals surface area contributed by atoms with E-state index in [0.29, 0.717) is 0 Å². The van der Waals surface area contributed by atoms with Gasteiger partial charge < -0.3 is 0 Å². The van der Waals surface area contributed by atoms with Crippen LogP contribution in [0.1, 0.15) is 25.7 Å². The molecular weight excluding hydrogens is 84.1 g/mol. The lowest BCUT2D eigenvalue weighted by atomic mass is 10.2. The average molecular weight is 95.2 g/mol. The minimum atomic E-state index is 1.29. The van der Waals surface area contributed by atoms with Crippen LogP contribution in [0.3, 0.4) is 0 Å². The predicted octanol–water partition coefficient (Wildman–Crippen LogP) is 2.32. The largest absolute Gasteiger partial charge is 0.0893 e. The Morgan fingerprint density at radius 2 is 2.29 bits per heavy atom. The zero-order chi connectivity index (χ0) is 4.95. The molecule has 0 aromatic rings. The van der Waals surface area contributed by atoms with Crippen LogP contribution in [0.25, 0.3) is 0 Å². The maximum Gasteiger partial charge on any atom is 0.0893 e. The second-order valence-corrected chi connectivity index (χ2v) is 1.95. The molecule has 0 radical (unpaired) electrons. The fourth-order valence-electron chi connectivity index (χ4n) is 0.813. The van der Waals surface area contributed by atoms with Crippen molar-refractivity contribution in [1.82, 2.24) is 0 Å². The minimum Gasteiger partial charge on any atom is -0.0299 e. The summed E-state index contributed by atoms with van der Waals surface area (Å²) in [6.07, 6.45) is 12.0. The summed E-state index contributed by atoms with van der Waals surface area (Å²) in [5.74, 6) is 0. The van der Waals surface area contributed by atoms with Gasteiger partial charge in [-0.05, 0) is 12.8 Å². The second-order valence-electron chi connectivity index (χ2n) is 1.95. The molecule has 0 aromatic heterocycles. The number of allylic oxidation sites excluding steroid dienone is 2. The van der Waals surface area contributed by atoms with Crippen molar-refractivity contribution < 1.29 is 0 Å². The van der Waals surface area contributed by atoms with Crippen LogP contribution in [-0.4, -0.2) is 0 Å². The highest BCUT2D eigenvalue weighted by Gasteiger charge is 1.95. The molecule has 0 nitrogen and oxygen atoms in total. The van der Waals surface area contributed by atoms with E-state index in [1.807, 2.05) is 0 Å². The molecule has 0 bridgehead atoms. The van der Waals surface area contributed by atoms with E-state index in [4.69, 9.17) is 0 Å². The van der Waals surface area contributed by atoms with Crippen molar-refractivity contribution in [3.8, 4) is 0 Å². The van der Waals surface area contributed by atoms with Crippen molar-refractivity contribution in [3.05, 3.63) is 18.6 Å². The van der Waals surface area contributed by atoms with Gasteiger partial charge in [-0.3, -0.25) is 0 Å². The van der Waals surface area contributed by atoms with Crippen molar-refractivity contribution in [2.45, 2.75) is 25.7 Å². The quantitative estimate of drug-likeness (QED) is 0.405. The van der Waals surface area contributed by atoms with Gasteiger partial charge in [0.2, 0.25) is 0 Å². The monoisotopic (exact) mass is 95.1 g/mol. The topological polar surface area (TPSA) is 0 Å². The van der Waals surface area contributed by atoms with E-state index in [-0.39, 0.29) is 0 Å². The molecule has 0 heterocycles. The van der Waals surface area contributed by atoms with Gasteiger partial charge in [0.1, 0.15) is 0 Å². The third kappa shape index (κ3) is 1.67. The molecule has 0 saturated heterocycles. The van der Waals surface area contributed by atoms with Crippen LogP contribution < -0.4 is 0 Å². The molecular formula is C7H11+. The Labute approximate surface area is 45.2 Å². The molecule has 0 amide bonds. The molecule has 1 aliphatic carbocycles. The maximum atomic E-state index is 2.24. The first-order chi connectivity index (χ1) is 3.50. The third-order valence-electron chi connectivity index (χ3n) is 1.26. The Kier molecular flexibility index (Phi) is 1.86. The summed E-state index contributed by atoms with van der Waals surface area (Å²) >= 11 is 0. The number of rotatable bonds is 0. The maximum absolute atomic E-state index is 2.24. The molecule has 0 N–H and O–H groups in total. The smallest absolute Gasteiger partial charge is 0.0299 e. The van der Waals surface area contributed by atoms with E-state index in [1.54, 1.807) is 0 Å². The molecule has 7 heavy (non-hydrogen) atoms. The fraction of sp³-hybridized carbons (Fsp3) is 0.571. The van der Waals surface area contributed by atoms with Crippen LogP contribution in [0.5, 0.6) is 0 Å². The van der Waals surface area contributed by atoms with Gasteiger partial charge in [0.25, 0.3) is 0 Å². The number of hydrogen-bond acceptors (Lipinski definition) is 0. The highest BCUT2D eigenvalue weighted by atomic mass is 13.9. The first kappa shape index (κ1) is 4.76. The standard InChI is InChI=1S/C7H11/c1-2-4-6-7-5-3-1/h1-3H,4-7H2/q+1. The van der Waals surface area contributed by atoms with Gasteiger partial charge in [-0.25, -0.2) is 0 Å². The highest BCUT2D eigenvalue weighted by molar-refractivity contribution is 4.96. The van der Waals surface area contributed by atoms with Crippen molar-refractivity contribution >= 4 is 0 Å². The summed E-state index contributed by atoms with van der Waals surface area (Å²) in [4.78, 5) is 0. The zero-order valence-electron chi connectivity index (χ0n) is 4.56. The summed E-state index contributed by atoms with van der Waals surface area (Å²) in [5.41, 5.74) is 0. The van der Waals surface area contributed by atoms with Crippen LogP contribution in [0.2, 0.25) is 0 Å². The van der Waals surface area contributed by atoms with E-state index < -0.39 is 0 Å². The van der Waals surface area contributed by atoms with Crippen molar-refractivity contribution in [3.63, 3.8) is 0 Å². The van der Waals surface area contributed by atoms with Crippen molar-refractivity contribution in [2.24, 2.45) is 0 Å². The van der Waals surface area contributed by atoms with Crippen LogP contribution in [0.15, 0.2) is 12.2 Å². The fourth-order valence-corrected chi connectivity index (χ4v) is 0.813. The first-order valence-electron chi connectivity index (χ1n) is 2.98. The summed E-state index contributed by atoms with van der Waals surface area (Å²) in [5, 5.41) is 0. The highest BCUT2D eigenvalue weighted by Crippen LogP contribution is 2.07. The lowest BCUT2D eigenvalue weighted by molar-refractivity contribution is 0.763. The Bertz CT molecular complexity index is 54.4. The Hall–Kier alpha value is -0.390. The molecule has 0 atom stereocenters. The van der Waals surface area contributed by atoms with Crippen molar-refractivity contribution in [2.75, 3.05) is 0 Å². The van der Waals surface area contributed by atoms with Crippen LogP contribution in [-0.2, 0) is 0 Å². The minimum absolute atomic E-state index is 1.29. The zero-order valence-corrected chi connectivity index (χ0v) is 4.56. The summed E-state index contributed by atoms with van der Waals surface area (Å²) in [6.45, 7) is 0. The lowest BCUT2D eigenvalue weighted by Gasteiger charge is -1.81. The molecule has 38 valence electrons. The molecule has 1 aliphatic rings. The Morgan fingerprint density at radius 3 is 3.29 bits per heavy atom. The molecule has 0 aromatic carbocycles. The predicted molar refractivity (Wildman–Crippen MR) is 31.9 cm³/mol. The molecule has 1 rings (SSSR count). The van der Waals surface area contributed by atoms with Gasteiger partial charge in [0.05, 0.1) is 6.08 Å². The van der Waals surface area contributed by atoms with Gasteiger partial charge in [-0.1, -0.05) is 0 Å². The number of hydrogen-bond donors (Lipinski definition) is 0. The summed E-state index contributed by atoms with van der Waals surface area (Å²) in [7, 11) is 0. The van der Waals surface area contributed by atoms with Crippen molar-refractivity contribution in [1.29, 1.82) is 0 Å². The molecule has 0 unspecified atom stereocenters. The van der Waals surface area contributed by atoms with Gasteiger partial charge in [-0.2, -0.15) is 0 Å². The van der Waals surface area contributed by atoms with Crippen LogP contribution in [0, 0.1) is 6.42 Å². The molecule has 0 fully saturated rings. The van der Waals surface area contributed by atoms with Gasteiger partial charge in [0, 0.05) is 25.3 Å². The average Bonchev–Trinajstić information content (AvgIpc) is 1.90. The van der Waals surface area contributed by atoms with Gasteiger partial charge >= 0.3 is 0 Å². The first-order valence-corrected chi connectivity index (χ1v) is 2.98. The molecule has 0 heteroatoms. The van der Waals surface area contributed by atoms with Crippen LogP contribution >= 0.6 is 0 Å². The van der Waals surface area contributed by atoms with E-state index in [9.17, 15) is 0 Å². The van der Waals surface area contributed by atoms with Gasteiger partial charge in [-0.15, -0.1) is 0 Å². The summed E-state index contributed by atoms with van der Waals surface area (Å²) < 4.78 is 0. The molecule has 0 aliphatic heterocycles. The molecule has 0 spiro atoms. The molecule has 0 saturated carbocycles. The lowest BCUT2D eigenvalue weighted by Crippen LogP contribution is -1.67. The van der Waals surface area contributed by atoms with Crippen LogP contribution in [0.4, 0.5) is 0 Å². The SMILES string of the molecule is C1=CCCCC[CH+]1. The normalized spacial score (nSPS) is 20.6. The third-order valence-corrected chi connectivity index (χ3v) is 1.26. The second kappa shape index (κ2) is 2.73. The van der Waals surface area contributed by atoms with E-state index in [1.165, 1.54) is 25.7 Å². The van der Waals surface area contributed by atoms with E-state index in [2.05, 4.69) is 18.6 Å². The summed E-state index contributed by atoms with van der Waals surface area (Å²) in [6, 6.07) is 0. The Morgan fingerprint density at radius 1 is 1.29 bits per heavy atom. The van der Waals surface area contributed by atoms with E-state index in [0.717, 1.165) is 0 Å². The van der Waals surface area contributed by atoms with Gasteiger partial charge in [0.15, 0.2) is 0 Å². The Balaban J connectivity index is 2.20. The van der Waals surface area contributed by atoms with E-state index >= 15 is 0 Å².